The number of primary amides is 1. The van der Waals surface area contributed by atoms with E-state index in [9.17, 15) is 14.7 Å². The molecule has 2 heterocycles. The van der Waals surface area contributed by atoms with Crippen LogP contribution < -0.4 is 10.6 Å². The molecule has 1 aromatic rings. The maximum absolute atomic E-state index is 11.5. The summed E-state index contributed by atoms with van der Waals surface area (Å²) in [7, 11) is 1.64. The van der Waals surface area contributed by atoms with Crippen molar-refractivity contribution in [3.8, 4) is 0 Å². The van der Waals surface area contributed by atoms with Gasteiger partial charge < -0.3 is 20.5 Å². The normalized spacial score (nSPS) is 19.5. The number of carboxylic acids is 1. The summed E-state index contributed by atoms with van der Waals surface area (Å²) in [5.41, 5.74) is 5.84. The number of aromatic carboxylic acids is 1. The van der Waals surface area contributed by atoms with Crippen molar-refractivity contribution in [2.45, 2.75) is 13.0 Å². The Kier molecular flexibility index (Phi) is 3.43. The smallest absolute Gasteiger partial charge is 0.341 e. The third-order valence-corrected chi connectivity index (χ3v) is 3.13. The Morgan fingerprint density at radius 3 is 2.79 bits per heavy atom. The number of aromatic nitrogens is 2. The summed E-state index contributed by atoms with van der Waals surface area (Å²) in [6, 6.07) is -0.679. The van der Waals surface area contributed by atoms with Crippen LogP contribution in [0.2, 0.25) is 0 Å². The van der Waals surface area contributed by atoms with Crippen molar-refractivity contribution in [3.63, 3.8) is 0 Å². The van der Waals surface area contributed by atoms with E-state index in [1.165, 1.54) is 4.68 Å². The zero-order valence-corrected chi connectivity index (χ0v) is 10.8. The molecule has 3 N–H and O–H groups in total. The molecule has 8 nitrogen and oxygen atoms in total. The molecule has 1 aliphatic heterocycles. The van der Waals surface area contributed by atoms with Crippen LogP contribution in [0.25, 0.3) is 0 Å². The highest BCUT2D eigenvalue weighted by molar-refractivity contribution is 5.96. The van der Waals surface area contributed by atoms with Crippen molar-refractivity contribution in [3.05, 3.63) is 11.3 Å². The summed E-state index contributed by atoms with van der Waals surface area (Å²) >= 11 is 0. The third kappa shape index (κ3) is 2.26. The van der Waals surface area contributed by atoms with Crippen LogP contribution in [0, 0.1) is 6.92 Å². The number of ether oxygens (including phenoxy) is 1. The Morgan fingerprint density at radius 1 is 1.53 bits per heavy atom. The van der Waals surface area contributed by atoms with Crippen molar-refractivity contribution >= 4 is 17.7 Å². The summed E-state index contributed by atoms with van der Waals surface area (Å²) in [5, 5.41) is 13.4. The molecule has 1 saturated heterocycles. The van der Waals surface area contributed by atoms with Gasteiger partial charge in [0.25, 0.3) is 0 Å². The van der Waals surface area contributed by atoms with Crippen LogP contribution >= 0.6 is 0 Å². The molecule has 104 valence electrons. The minimum absolute atomic E-state index is 0.0932. The summed E-state index contributed by atoms with van der Waals surface area (Å²) in [6.45, 7) is 2.57. The summed E-state index contributed by atoms with van der Waals surface area (Å²) < 4.78 is 6.68. The van der Waals surface area contributed by atoms with Crippen LogP contribution in [0.1, 0.15) is 16.1 Å². The number of carboxylic acid groups (broad SMARTS) is 1. The molecular weight excluding hydrogens is 252 g/mol. The van der Waals surface area contributed by atoms with Crippen molar-refractivity contribution in [1.29, 1.82) is 0 Å². The summed E-state index contributed by atoms with van der Waals surface area (Å²) in [5.74, 6) is -1.23. The average Bonchev–Trinajstić information content (AvgIpc) is 2.64. The lowest BCUT2D eigenvalue weighted by molar-refractivity contribution is -0.121. The van der Waals surface area contributed by atoms with E-state index in [1.807, 2.05) is 0 Å². The van der Waals surface area contributed by atoms with Crippen molar-refractivity contribution < 1.29 is 19.4 Å². The van der Waals surface area contributed by atoms with E-state index in [4.69, 9.17) is 10.5 Å². The SMILES string of the molecule is Cc1nn(C)c(N2CCOCC2C(N)=O)c1C(=O)O. The van der Waals surface area contributed by atoms with Crippen molar-refractivity contribution in [2.75, 3.05) is 24.7 Å². The van der Waals surface area contributed by atoms with E-state index in [0.29, 0.717) is 24.7 Å². The van der Waals surface area contributed by atoms with Crippen molar-refractivity contribution in [2.24, 2.45) is 12.8 Å². The van der Waals surface area contributed by atoms with Gasteiger partial charge in [0, 0.05) is 13.6 Å². The Hall–Kier alpha value is -2.09. The van der Waals surface area contributed by atoms with E-state index >= 15 is 0 Å². The first-order valence-corrected chi connectivity index (χ1v) is 5.84. The van der Waals surface area contributed by atoms with Crippen LogP contribution in [-0.2, 0) is 16.6 Å². The summed E-state index contributed by atoms with van der Waals surface area (Å²) in [6.07, 6.45) is 0. The molecule has 0 radical (unpaired) electrons. The van der Waals surface area contributed by atoms with Gasteiger partial charge in [-0.25, -0.2) is 4.79 Å². The molecule has 0 spiro atoms. The minimum Gasteiger partial charge on any atom is -0.477 e. The van der Waals surface area contributed by atoms with Gasteiger partial charge in [0.05, 0.1) is 18.9 Å². The van der Waals surface area contributed by atoms with Gasteiger partial charge in [-0.3, -0.25) is 9.48 Å². The molecule has 0 aromatic carbocycles. The van der Waals surface area contributed by atoms with Crippen LogP contribution in [0.4, 0.5) is 5.82 Å². The van der Waals surface area contributed by atoms with Gasteiger partial charge in [0.15, 0.2) is 0 Å². The number of nitrogens with two attached hydrogens (primary N) is 1. The largest absolute Gasteiger partial charge is 0.477 e. The van der Waals surface area contributed by atoms with Gasteiger partial charge in [-0.2, -0.15) is 5.10 Å². The highest BCUT2D eigenvalue weighted by Gasteiger charge is 2.33. The van der Waals surface area contributed by atoms with E-state index in [1.54, 1.807) is 18.9 Å². The molecule has 2 rings (SSSR count). The van der Waals surface area contributed by atoms with Gasteiger partial charge in [-0.1, -0.05) is 0 Å². The lowest BCUT2D eigenvalue weighted by atomic mass is 10.1. The first-order valence-electron chi connectivity index (χ1n) is 5.84. The maximum Gasteiger partial charge on any atom is 0.341 e. The molecule has 1 atom stereocenters. The topological polar surface area (TPSA) is 111 Å². The van der Waals surface area contributed by atoms with Gasteiger partial charge in [0.1, 0.15) is 17.4 Å². The number of nitrogens with zero attached hydrogens (tertiary/aromatic N) is 3. The Balaban J connectivity index is 2.50. The van der Waals surface area contributed by atoms with Crippen LogP contribution in [0.3, 0.4) is 0 Å². The molecule has 1 fully saturated rings. The van der Waals surface area contributed by atoms with Gasteiger partial charge in [-0.05, 0) is 6.92 Å². The number of aryl methyl sites for hydroxylation is 2. The highest BCUT2D eigenvalue weighted by Crippen LogP contribution is 2.26. The lowest BCUT2D eigenvalue weighted by Gasteiger charge is -2.35. The Bertz CT molecular complexity index is 525. The van der Waals surface area contributed by atoms with Crippen molar-refractivity contribution in [1.82, 2.24) is 9.78 Å². The molecule has 8 heteroatoms. The Labute approximate surface area is 109 Å². The predicted octanol–water partition coefficient (Wildman–Crippen LogP) is -0.883. The third-order valence-electron chi connectivity index (χ3n) is 3.13. The molecular formula is C11H16N4O4. The number of morpholine rings is 1. The average molecular weight is 268 g/mol. The number of rotatable bonds is 3. The number of carbonyl (C=O) groups is 2. The number of carbonyl (C=O) groups excluding carboxylic acids is 1. The second-order valence-corrected chi connectivity index (χ2v) is 4.40. The zero-order chi connectivity index (χ0) is 14.2. The second kappa shape index (κ2) is 4.88. The molecule has 1 unspecified atom stereocenters. The first-order chi connectivity index (χ1) is 8.93. The first kappa shape index (κ1) is 13.3. The molecule has 1 amide bonds. The zero-order valence-electron chi connectivity index (χ0n) is 10.8. The maximum atomic E-state index is 11.5. The molecule has 1 aliphatic rings. The van der Waals surface area contributed by atoms with Crippen LogP contribution in [-0.4, -0.2) is 52.6 Å². The van der Waals surface area contributed by atoms with E-state index in [0.717, 1.165) is 0 Å². The molecule has 19 heavy (non-hydrogen) atoms. The standard InChI is InChI=1S/C11H16N4O4/c1-6-8(11(17)18)10(14(2)13-6)15-3-4-19-5-7(15)9(12)16/h7H,3-5H2,1-2H3,(H2,12,16)(H,17,18). The molecule has 0 aliphatic carbocycles. The van der Waals surface area contributed by atoms with Crippen LogP contribution in [0.5, 0.6) is 0 Å². The fourth-order valence-electron chi connectivity index (χ4n) is 2.32. The van der Waals surface area contributed by atoms with E-state index in [-0.39, 0.29) is 12.2 Å². The molecule has 1 aromatic heterocycles. The quantitative estimate of drug-likeness (QED) is 0.736. The van der Waals surface area contributed by atoms with Crippen LogP contribution in [0.15, 0.2) is 0 Å². The van der Waals surface area contributed by atoms with E-state index < -0.39 is 17.9 Å². The lowest BCUT2D eigenvalue weighted by Crippen LogP contribution is -2.53. The fourth-order valence-corrected chi connectivity index (χ4v) is 2.32. The number of anilines is 1. The number of hydrogen-bond donors (Lipinski definition) is 2. The minimum atomic E-state index is -1.07. The monoisotopic (exact) mass is 268 g/mol. The van der Waals surface area contributed by atoms with Gasteiger partial charge >= 0.3 is 5.97 Å². The molecule has 0 saturated carbocycles. The fraction of sp³-hybridized carbons (Fsp3) is 0.545. The van der Waals surface area contributed by atoms with E-state index in [2.05, 4.69) is 5.10 Å². The van der Waals surface area contributed by atoms with Gasteiger partial charge in [0.2, 0.25) is 5.91 Å². The highest BCUT2D eigenvalue weighted by atomic mass is 16.5. The van der Waals surface area contributed by atoms with Gasteiger partial charge in [-0.15, -0.1) is 0 Å². The second-order valence-electron chi connectivity index (χ2n) is 4.40. The number of hydrogen-bond acceptors (Lipinski definition) is 5. The Morgan fingerprint density at radius 2 is 2.21 bits per heavy atom. The molecule has 0 bridgehead atoms. The predicted molar refractivity (Wildman–Crippen MR) is 66.1 cm³/mol. The number of amides is 1. The summed E-state index contributed by atoms with van der Waals surface area (Å²) in [4.78, 5) is 24.5.